The van der Waals surface area contributed by atoms with Crippen LogP contribution in [-0.4, -0.2) is 25.5 Å². The Morgan fingerprint density at radius 3 is 2.80 bits per heavy atom. The average molecular weight is 280 g/mol. The van der Waals surface area contributed by atoms with Crippen LogP contribution in [0.1, 0.15) is 32.3 Å². The second-order valence-corrected chi connectivity index (χ2v) is 5.24. The van der Waals surface area contributed by atoms with Crippen molar-refractivity contribution in [3.63, 3.8) is 0 Å². The number of carbonyl (C=O) groups is 1. The van der Waals surface area contributed by atoms with E-state index in [9.17, 15) is 9.18 Å². The summed E-state index contributed by atoms with van der Waals surface area (Å²) >= 11 is 0. The Morgan fingerprint density at radius 1 is 1.30 bits per heavy atom. The fraction of sp³-hybridized carbons (Fsp3) is 0.562. The van der Waals surface area contributed by atoms with E-state index in [-0.39, 0.29) is 17.6 Å². The highest BCUT2D eigenvalue weighted by atomic mass is 19.1. The van der Waals surface area contributed by atoms with Crippen LogP contribution < -0.4 is 10.6 Å². The Hall–Kier alpha value is -1.42. The fourth-order valence-corrected chi connectivity index (χ4v) is 2.12. The first-order chi connectivity index (χ1) is 9.61. The molecule has 20 heavy (non-hydrogen) atoms. The van der Waals surface area contributed by atoms with Gasteiger partial charge in [0.25, 0.3) is 0 Å². The van der Waals surface area contributed by atoms with E-state index in [1.54, 1.807) is 6.07 Å². The van der Waals surface area contributed by atoms with Crippen molar-refractivity contribution in [2.75, 3.05) is 19.6 Å². The number of hydrogen-bond donors (Lipinski definition) is 2. The molecule has 4 heteroatoms. The van der Waals surface area contributed by atoms with E-state index in [0.29, 0.717) is 13.0 Å². The van der Waals surface area contributed by atoms with Gasteiger partial charge in [-0.05, 0) is 43.0 Å². The standard InChI is InChI=1S/C16H25FN2O/c1-3-7-18-8-9-19-16(20)11-13(2)10-14-5-4-6-15(17)12-14/h4-6,12-13,18H,3,7-11H2,1-2H3,(H,19,20). The highest BCUT2D eigenvalue weighted by molar-refractivity contribution is 5.76. The summed E-state index contributed by atoms with van der Waals surface area (Å²) in [6.45, 7) is 6.56. The number of nitrogens with one attached hydrogen (secondary N) is 2. The molecule has 0 spiro atoms. The Bertz CT molecular complexity index is 409. The molecule has 1 aromatic rings. The minimum Gasteiger partial charge on any atom is -0.355 e. The van der Waals surface area contributed by atoms with Crippen molar-refractivity contribution in [1.29, 1.82) is 0 Å². The lowest BCUT2D eigenvalue weighted by Gasteiger charge is -2.12. The van der Waals surface area contributed by atoms with Crippen molar-refractivity contribution >= 4 is 5.91 Å². The molecule has 1 atom stereocenters. The molecule has 0 fully saturated rings. The quantitative estimate of drug-likeness (QED) is 0.682. The van der Waals surface area contributed by atoms with E-state index in [2.05, 4.69) is 17.6 Å². The first kappa shape index (κ1) is 16.6. The zero-order valence-corrected chi connectivity index (χ0v) is 12.4. The predicted octanol–water partition coefficient (Wildman–Crippen LogP) is 2.51. The van der Waals surface area contributed by atoms with Crippen LogP contribution in [0.15, 0.2) is 24.3 Å². The highest BCUT2D eigenvalue weighted by Crippen LogP contribution is 2.12. The van der Waals surface area contributed by atoms with E-state index in [1.165, 1.54) is 12.1 Å². The number of halogens is 1. The summed E-state index contributed by atoms with van der Waals surface area (Å²) in [5, 5.41) is 6.13. The molecule has 1 unspecified atom stereocenters. The molecule has 0 aromatic heterocycles. The molecule has 0 saturated heterocycles. The molecule has 1 amide bonds. The van der Waals surface area contributed by atoms with Gasteiger partial charge in [0.05, 0.1) is 0 Å². The maximum Gasteiger partial charge on any atom is 0.220 e. The van der Waals surface area contributed by atoms with Gasteiger partial charge in [0.15, 0.2) is 0 Å². The summed E-state index contributed by atoms with van der Waals surface area (Å²) in [6.07, 6.45) is 2.29. The number of amides is 1. The van der Waals surface area contributed by atoms with Crippen LogP contribution in [0.4, 0.5) is 4.39 Å². The van der Waals surface area contributed by atoms with Crippen molar-refractivity contribution < 1.29 is 9.18 Å². The fourth-order valence-electron chi connectivity index (χ4n) is 2.12. The van der Waals surface area contributed by atoms with Gasteiger partial charge in [-0.1, -0.05) is 26.0 Å². The van der Waals surface area contributed by atoms with Gasteiger partial charge in [0.1, 0.15) is 5.82 Å². The molecular weight excluding hydrogens is 255 g/mol. The van der Waals surface area contributed by atoms with Gasteiger partial charge < -0.3 is 10.6 Å². The SMILES string of the molecule is CCCNCCNC(=O)CC(C)Cc1cccc(F)c1. The van der Waals surface area contributed by atoms with Gasteiger partial charge in [-0.2, -0.15) is 0 Å². The molecule has 112 valence electrons. The number of benzene rings is 1. The normalized spacial score (nSPS) is 12.2. The minimum absolute atomic E-state index is 0.0622. The lowest BCUT2D eigenvalue weighted by Crippen LogP contribution is -2.33. The molecular formula is C16H25FN2O. The summed E-state index contributed by atoms with van der Waals surface area (Å²) in [7, 11) is 0. The third-order valence-corrected chi connectivity index (χ3v) is 3.06. The summed E-state index contributed by atoms with van der Waals surface area (Å²) in [4.78, 5) is 11.7. The predicted molar refractivity (Wildman–Crippen MR) is 80.1 cm³/mol. The molecule has 0 aliphatic carbocycles. The van der Waals surface area contributed by atoms with Gasteiger partial charge in [0, 0.05) is 19.5 Å². The van der Waals surface area contributed by atoms with Crippen molar-refractivity contribution in [2.45, 2.75) is 33.1 Å². The highest BCUT2D eigenvalue weighted by Gasteiger charge is 2.09. The molecule has 0 saturated carbocycles. The zero-order valence-electron chi connectivity index (χ0n) is 12.4. The van der Waals surface area contributed by atoms with Crippen LogP contribution in [0.5, 0.6) is 0 Å². The van der Waals surface area contributed by atoms with E-state index in [0.717, 1.165) is 31.5 Å². The van der Waals surface area contributed by atoms with Crippen molar-refractivity contribution in [3.8, 4) is 0 Å². The Balaban J connectivity index is 2.21. The maximum atomic E-state index is 13.1. The molecule has 0 aliphatic heterocycles. The third kappa shape index (κ3) is 7.24. The lowest BCUT2D eigenvalue weighted by molar-refractivity contribution is -0.121. The largest absolute Gasteiger partial charge is 0.355 e. The van der Waals surface area contributed by atoms with E-state index in [4.69, 9.17) is 0 Å². The smallest absolute Gasteiger partial charge is 0.220 e. The summed E-state index contributed by atoms with van der Waals surface area (Å²) < 4.78 is 13.1. The van der Waals surface area contributed by atoms with Crippen LogP contribution in [0.25, 0.3) is 0 Å². The van der Waals surface area contributed by atoms with Crippen molar-refractivity contribution in [2.24, 2.45) is 5.92 Å². The van der Waals surface area contributed by atoms with Gasteiger partial charge >= 0.3 is 0 Å². The van der Waals surface area contributed by atoms with Crippen LogP contribution in [-0.2, 0) is 11.2 Å². The minimum atomic E-state index is -0.221. The van der Waals surface area contributed by atoms with Gasteiger partial charge in [-0.25, -0.2) is 4.39 Å². The number of rotatable bonds is 9. The Kier molecular flexibility index (Phi) is 7.88. The van der Waals surface area contributed by atoms with E-state index in [1.807, 2.05) is 13.0 Å². The van der Waals surface area contributed by atoms with Crippen LogP contribution in [0.3, 0.4) is 0 Å². The van der Waals surface area contributed by atoms with E-state index < -0.39 is 0 Å². The second kappa shape index (κ2) is 9.48. The molecule has 2 N–H and O–H groups in total. The van der Waals surface area contributed by atoms with Gasteiger partial charge in [0.2, 0.25) is 5.91 Å². The molecule has 0 radical (unpaired) electrons. The molecule has 3 nitrogen and oxygen atoms in total. The molecule has 0 aliphatic rings. The average Bonchev–Trinajstić information content (AvgIpc) is 2.38. The molecule has 1 rings (SSSR count). The van der Waals surface area contributed by atoms with Crippen molar-refractivity contribution in [3.05, 3.63) is 35.6 Å². The first-order valence-corrected chi connectivity index (χ1v) is 7.33. The lowest BCUT2D eigenvalue weighted by atomic mass is 9.98. The third-order valence-electron chi connectivity index (χ3n) is 3.06. The monoisotopic (exact) mass is 280 g/mol. The van der Waals surface area contributed by atoms with Gasteiger partial charge in [-0.3, -0.25) is 4.79 Å². The molecule has 0 heterocycles. The van der Waals surface area contributed by atoms with Gasteiger partial charge in [-0.15, -0.1) is 0 Å². The van der Waals surface area contributed by atoms with Crippen molar-refractivity contribution in [1.82, 2.24) is 10.6 Å². The van der Waals surface area contributed by atoms with Crippen LogP contribution in [0.2, 0.25) is 0 Å². The summed E-state index contributed by atoms with van der Waals surface area (Å²) in [5.74, 6) is 0.0498. The summed E-state index contributed by atoms with van der Waals surface area (Å²) in [6, 6.07) is 6.57. The topological polar surface area (TPSA) is 41.1 Å². The first-order valence-electron chi connectivity index (χ1n) is 7.33. The Labute approximate surface area is 121 Å². The Morgan fingerprint density at radius 2 is 2.10 bits per heavy atom. The van der Waals surface area contributed by atoms with Crippen LogP contribution >= 0.6 is 0 Å². The van der Waals surface area contributed by atoms with E-state index >= 15 is 0 Å². The maximum absolute atomic E-state index is 13.1. The number of carbonyl (C=O) groups excluding carboxylic acids is 1. The second-order valence-electron chi connectivity index (χ2n) is 5.24. The zero-order chi connectivity index (χ0) is 14.8. The summed E-state index contributed by atoms with van der Waals surface area (Å²) in [5.41, 5.74) is 0.940. The number of hydrogen-bond acceptors (Lipinski definition) is 2. The molecule has 0 bridgehead atoms. The van der Waals surface area contributed by atoms with Crippen LogP contribution in [0, 0.1) is 11.7 Å². The molecule has 1 aromatic carbocycles.